The quantitative estimate of drug-likeness (QED) is 0.862. The van der Waals surface area contributed by atoms with Crippen molar-refractivity contribution in [2.24, 2.45) is 0 Å². The Balaban J connectivity index is 1.61. The number of hydrogen-bond acceptors (Lipinski definition) is 4. The van der Waals surface area contributed by atoms with Crippen molar-refractivity contribution in [3.8, 4) is 0 Å². The van der Waals surface area contributed by atoms with Gasteiger partial charge in [0.1, 0.15) is 23.3 Å². The van der Waals surface area contributed by atoms with Gasteiger partial charge in [-0.3, -0.25) is 4.79 Å². The van der Waals surface area contributed by atoms with Crippen molar-refractivity contribution in [3.05, 3.63) is 53.5 Å². The zero-order chi connectivity index (χ0) is 17.1. The Labute approximate surface area is 138 Å². The van der Waals surface area contributed by atoms with Gasteiger partial charge in [0.2, 0.25) is 5.91 Å². The molecule has 0 N–H and O–H groups in total. The van der Waals surface area contributed by atoms with Crippen molar-refractivity contribution in [1.29, 1.82) is 0 Å². The van der Waals surface area contributed by atoms with E-state index in [0.29, 0.717) is 32.0 Å². The fraction of sp³-hybridized carbons (Fsp3) is 0.353. The molecule has 0 aliphatic carbocycles. The topological polar surface area (TPSA) is 49.3 Å². The van der Waals surface area contributed by atoms with E-state index in [1.807, 2.05) is 13.0 Å². The van der Waals surface area contributed by atoms with Gasteiger partial charge in [-0.25, -0.2) is 18.7 Å². The maximum atomic E-state index is 13.7. The van der Waals surface area contributed by atoms with Crippen LogP contribution in [0.4, 0.5) is 14.6 Å². The Kier molecular flexibility index (Phi) is 4.69. The van der Waals surface area contributed by atoms with E-state index in [9.17, 15) is 13.6 Å². The highest BCUT2D eigenvalue weighted by molar-refractivity contribution is 5.79. The molecule has 1 aliphatic rings. The van der Waals surface area contributed by atoms with Crippen LogP contribution in [-0.2, 0) is 11.2 Å². The highest BCUT2D eigenvalue weighted by atomic mass is 19.1. The van der Waals surface area contributed by atoms with Crippen molar-refractivity contribution in [1.82, 2.24) is 14.9 Å². The predicted molar refractivity (Wildman–Crippen MR) is 85.6 cm³/mol. The number of halogens is 2. The number of benzene rings is 1. The minimum atomic E-state index is -0.682. The molecule has 2 heterocycles. The third-order valence-corrected chi connectivity index (χ3v) is 4.11. The van der Waals surface area contributed by atoms with Gasteiger partial charge >= 0.3 is 0 Å². The van der Waals surface area contributed by atoms with E-state index in [0.717, 1.165) is 5.82 Å². The Bertz CT molecular complexity index is 725. The summed E-state index contributed by atoms with van der Waals surface area (Å²) < 4.78 is 27.3. The number of anilines is 1. The molecular formula is C17H18F2N4O. The van der Waals surface area contributed by atoms with Crippen LogP contribution in [0.1, 0.15) is 11.4 Å². The summed E-state index contributed by atoms with van der Waals surface area (Å²) in [4.78, 5) is 24.5. The first-order valence-corrected chi connectivity index (χ1v) is 7.80. The van der Waals surface area contributed by atoms with Crippen LogP contribution in [0.5, 0.6) is 0 Å². The van der Waals surface area contributed by atoms with Gasteiger partial charge in [-0.2, -0.15) is 0 Å². The standard InChI is InChI=1S/C17H18F2N4O/c1-12-20-6-5-16(21-12)22-7-9-23(10-8-22)17(24)11-13-14(18)3-2-4-15(13)19/h2-6H,7-11H2,1H3. The number of nitrogens with zero attached hydrogens (tertiary/aromatic N) is 4. The van der Waals surface area contributed by atoms with E-state index >= 15 is 0 Å². The summed E-state index contributed by atoms with van der Waals surface area (Å²) in [6, 6.07) is 5.46. The molecule has 3 rings (SSSR count). The van der Waals surface area contributed by atoms with Crippen LogP contribution < -0.4 is 4.90 Å². The molecular weight excluding hydrogens is 314 g/mol. The number of rotatable bonds is 3. The van der Waals surface area contributed by atoms with Crippen molar-refractivity contribution >= 4 is 11.7 Å². The molecule has 24 heavy (non-hydrogen) atoms. The van der Waals surface area contributed by atoms with Gasteiger partial charge in [-0.05, 0) is 25.1 Å². The minimum Gasteiger partial charge on any atom is -0.353 e. The molecule has 1 aliphatic heterocycles. The second-order valence-corrected chi connectivity index (χ2v) is 5.71. The Morgan fingerprint density at radius 1 is 1.12 bits per heavy atom. The lowest BCUT2D eigenvalue weighted by Crippen LogP contribution is -2.49. The maximum absolute atomic E-state index is 13.7. The molecule has 0 radical (unpaired) electrons. The van der Waals surface area contributed by atoms with E-state index in [-0.39, 0.29) is 17.9 Å². The number of piperazine rings is 1. The first-order valence-electron chi connectivity index (χ1n) is 7.80. The predicted octanol–water partition coefficient (Wildman–Crippen LogP) is 1.95. The van der Waals surface area contributed by atoms with Gasteiger partial charge in [0.25, 0.3) is 0 Å². The van der Waals surface area contributed by atoms with E-state index < -0.39 is 11.6 Å². The van der Waals surface area contributed by atoms with E-state index in [4.69, 9.17) is 0 Å². The molecule has 0 spiro atoms. The van der Waals surface area contributed by atoms with Gasteiger partial charge in [0.05, 0.1) is 6.42 Å². The van der Waals surface area contributed by atoms with E-state index in [1.54, 1.807) is 11.1 Å². The minimum absolute atomic E-state index is 0.170. The number of carbonyl (C=O) groups excluding carboxylic acids is 1. The SMILES string of the molecule is Cc1nccc(N2CCN(C(=O)Cc3c(F)cccc3F)CC2)n1. The lowest BCUT2D eigenvalue weighted by molar-refractivity contribution is -0.130. The van der Waals surface area contributed by atoms with Gasteiger partial charge in [0, 0.05) is 37.9 Å². The third kappa shape index (κ3) is 3.50. The van der Waals surface area contributed by atoms with Crippen LogP contribution in [-0.4, -0.2) is 47.0 Å². The first-order chi connectivity index (χ1) is 11.5. The molecule has 0 saturated carbocycles. The average molecular weight is 332 g/mol. The zero-order valence-electron chi connectivity index (χ0n) is 13.4. The van der Waals surface area contributed by atoms with Crippen LogP contribution in [0.3, 0.4) is 0 Å². The molecule has 1 aromatic heterocycles. The molecule has 0 bridgehead atoms. The summed E-state index contributed by atoms with van der Waals surface area (Å²) >= 11 is 0. The molecule has 1 amide bonds. The molecule has 5 nitrogen and oxygen atoms in total. The fourth-order valence-corrected chi connectivity index (χ4v) is 2.77. The second-order valence-electron chi connectivity index (χ2n) is 5.71. The van der Waals surface area contributed by atoms with Gasteiger partial charge in [0.15, 0.2) is 0 Å². The van der Waals surface area contributed by atoms with Crippen LogP contribution in [0.2, 0.25) is 0 Å². The van der Waals surface area contributed by atoms with E-state index in [2.05, 4.69) is 14.9 Å². The fourth-order valence-electron chi connectivity index (χ4n) is 2.77. The van der Waals surface area contributed by atoms with Crippen molar-refractivity contribution < 1.29 is 13.6 Å². The van der Waals surface area contributed by atoms with Crippen molar-refractivity contribution in [2.45, 2.75) is 13.3 Å². The number of carbonyl (C=O) groups is 1. The molecule has 1 aromatic carbocycles. The molecule has 7 heteroatoms. The molecule has 2 aromatic rings. The summed E-state index contributed by atoms with van der Waals surface area (Å²) in [6.07, 6.45) is 1.45. The number of hydrogen-bond donors (Lipinski definition) is 0. The lowest BCUT2D eigenvalue weighted by atomic mass is 10.1. The highest BCUT2D eigenvalue weighted by Crippen LogP contribution is 2.16. The zero-order valence-corrected chi connectivity index (χ0v) is 13.4. The first kappa shape index (κ1) is 16.3. The Hall–Kier alpha value is -2.57. The Morgan fingerprint density at radius 2 is 1.79 bits per heavy atom. The van der Waals surface area contributed by atoms with E-state index in [1.165, 1.54) is 18.2 Å². The van der Waals surface area contributed by atoms with Crippen LogP contribution in [0, 0.1) is 18.6 Å². The van der Waals surface area contributed by atoms with Crippen molar-refractivity contribution in [3.63, 3.8) is 0 Å². The summed E-state index contributed by atoms with van der Waals surface area (Å²) in [7, 11) is 0. The largest absolute Gasteiger partial charge is 0.353 e. The molecule has 1 saturated heterocycles. The second kappa shape index (κ2) is 6.90. The normalized spacial score (nSPS) is 14.8. The number of aryl methyl sites for hydroxylation is 1. The van der Waals surface area contributed by atoms with Crippen molar-refractivity contribution in [2.75, 3.05) is 31.1 Å². The van der Waals surface area contributed by atoms with Crippen LogP contribution in [0.25, 0.3) is 0 Å². The number of aromatic nitrogens is 2. The molecule has 0 atom stereocenters. The van der Waals surface area contributed by atoms with Crippen LogP contribution in [0.15, 0.2) is 30.5 Å². The maximum Gasteiger partial charge on any atom is 0.227 e. The molecule has 0 unspecified atom stereocenters. The number of amides is 1. The summed E-state index contributed by atoms with van der Waals surface area (Å²) in [5.41, 5.74) is -0.170. The monoisotopic (exact) mass is 332 g/mol. The van der Waals surface area contributed by atoms with Gasteiger partial charge < -0.3 is 9.80 Å². The van der Waals surface area contributed by atoms with Gasteiger partial charge in [-0.1, -0.05) is 6.07 Å². The Morgan fingerprint density at radius 3 is 2.42 bits per heavy atom. The third-order valence-electron chi connectivity index (χ3n) is 4.11. The molecule has 126 valence electrons. The highest BCUT2D eigenvalue weighted by Gasteiger charge is 2.23. The summed E-state index contributed by atoms with van der Waals surface area (Å²) in [5.74, 6) is -0.106. The summed E-state index contributed by atoms with van der Waals surface area (Å²) in [5, 5.41) is 0. The van der Waals surface area contributed by atoms with Gasteiger partial charge in [-0.15, -0.1) is 0 Å². The smallest absolute Gasteiger partial charge is 0.227 e. The van der Waals surface area contributed by atoms with Crippen LogP contribution >= 0.6 is 0 Å². The average Bonchev–Trinajstić information content (AvgIpc) is 2.58. The lowest BCUT2D eigenvalue weighted by Gasteiger charge is -2.35. The summed E-state index contributed by atoms with van der Waals surface area (Å²) in [6.45, 7) is 4.08. The molecule has 1 fully saturated rings.